The molecule has 1 aliphatic rings. The average Bonchev–Trinajstić information content (AvgIpc) is 2.70. The summed E-state index contributed by atoms with van der Waals surface area (Å²) in [5, 5.41) is 5.37. The van der Waals surface area contributed by atoms with Crippen molar-refractivity contribution in [2.75, 3.05) is 12.1 Å². The van der Waals surface area contributed by atoms with Crippen molar-refractivity contribution >= 4 is 23.3 Å². The van der Waals surface area contributed by atoms with Crippen LogP contribution in [-0.4, -0.2) is 12.9 Å². The Morgan fingerprint density at radius 1 is 1.15 bits per heavy atom. The fourth-order valence-corrected chi connectivity index (χ4v) is 3.19. The van der Waals surface area contributed by atoms with Gasteiger partial charge in [-0.05, 0) is 31.2 Å². The third-order valence-electron chi connectivity index (χ3n) is 3.65. The van der Waals surface area contributed by atoms with Gasteiger partial charge in [0, 0.05) is 17.5 Å². The number of hydrazine groups is 1. The molecule has 0 bridgehead atoms. The summed E-state index contributed by atoms with van der Waals surface area (Å²) in [4.78, 5) is 5.34. The van der Waals surface area contributed by atoms with Crippen LogP contribution in [0.1, 0.15) is 12.5 Å². The third-order valence-corrected chi connectivity index (χ3v) is 4.57. The maximum atomic E-state index is 6.25. The van der Waals surface area contributed by atoms with Crippen LogP contribution >= 0.6 is 11.8 Å². The van der Waals surface area contributed by atoms with Gasteiger partial charge in [-0.3, -0.25) is 10.0 Å². The van der Waals surface area contributed by atoms with E-state index in [0.29, 0.717) is 10.9 Å². The van der Waals surface area contributed by atoms with E-state index in [2.05, 4.69) is 16.9 Å². The van der Waals surface area contributed by atoms with Gasteiger partial charge in [-0.15, -0.1) is 0 Å². The molecule has 0 radical (unpaired) electrons. The molecule has 140 valence electrons. The van der Waals surface area contributed by atoms with Crippen LogP contribution in [0.2, 0.25) is 0 Å². The van der Waals surface area contributed by atoms with Gasteiger partial charge in [-0.2, -0.15) is 0 Å². The molecule has 3 rings (SSSR count). The molecule has 0 saturated carbocycles. The van der Waals surface area contributed by atoms with Crippen LogP contribution in [0.15, 0.2) is 100 Å². The Hall–Kier alpha value is -2.96. The topological polar surface area (TPSA) is 79.7 Å². The second-order valence-corrected chi connectivity index (χ2v) is 6.59. The van der Waals surface area contributed by atoms with E-state index in [0.717, 1.165) is 22.0 Å². The van der Waals surface area contributed by atoms with Crippen molar-refractivity contribution in [2.24, 2.45) is 16.6 Å². The predicted molar refractivity (Wildman–Crippen MR) is 117 cm³/mol. The van der Waals surface area contributed by atoms with Crippen molar-refractivity contribution in [3.8, 4) is 0 Å². The quantitative estimate of drug-likeness (QED) is 0.427. The number of anilines is 1. The Balaban J connectivity index is 0.000000465. The normalized spacial score (nSPS) is 16.3. The van der Waals surface area contributed by atoms with Gasteiger partial charge in [-0.1, -0.05) is 66.9 Å². The second kappa shape index (κ2) is 10.3. The van der Waals surface area contributed by atoms with E-state index in [-0.39, 0.29) is 0 Å². The Morgan fingerprint density at radius 3 is 2.41 bits per heavy atom. The highest BCUT2D eigenvalue weighted by Gasteiger charge is 2.25. The number of para-hydroxylation sites is 1. The highest BCUT2D eigenvalue weighted by Crippen LogP contribution is 2.30. The van der Waals surface area contributed by atoms with E-state index < -0.39 is 0 Å². The SMILES string of the molecule is C=C/C=C\C.CN=C1N/C(=C(/N)Sc2ccccc2)N(N)c2ccccc21. The maximum absolute atomic E-state index is 6.25. The van der Waals surface area contributed by atoms with Crippen LogP contribution < -0.4 is 21.9 Å². The highest BCUT2D eigenvalue weighted by atomic mass is 32.2. The molecule has 0 saturated heterocycles. The number of amidine groups is 1. The number of nitrogens with two attached hydrogens (primary N) is 2. The fourth-order valence-electron chi connectivity index (χ4n) is 2.40. The molecule has 0 unspecified atom stereocenters. The molecule has 27 heavy (non-hydrogen) atoms. The lowest BCUT2D eigenvalue weighted by molar-refractivity contribution is 0.879. The number of aliphatic imine (C=N–C) groups is 1. The van der Waals surface area contributed by atoms with Crippen LogP contribution in [0, 0.1) is 0 Å². The van der Waals surface area contributed by atoms with Gasteiger partial charge in [0.1, 0.15) is 10.9 Å². The van der Waals surface area contributed by atoms with Crippen molar-refractivity contribution in [3.05, 3.63) is 95.8 Å². The molecule has 6 heteroatoms. The predicted octanol–water partition coefficient (Wildman–Crippen LogP) is 3.97. The molecule has 2 aromatic carbocycles. The number of thioether (sulfide) groups is 1. The molecule has 2 aromatic rings. The number of allylic oxidation sites excluding steroid dienone is 3. The number of benzene rings is 2. The van der Waals surface area contributed by atoms with Gasteiger partial charge in [0.15, 0.2) is 5.82 Å². The largest absolute Gasteiger partial charge is 0.390 e. The molecule has 1 aliphatic heterocycles. The lowest BCUT2D eigenvalue weighted by Crippen LogP contribution is -2.46. The number of nitrogens with one attached hydrogen (secondary N) is 1. The lowest BCUT2D eigenvalue weighted by Gasteiger charge is -2.32. The number of nitrogens with zero attached hydrogens (tertiary/aromatic N) is 2. The first-order valence-corrected chi connectivity index (χ1v) is 9.28. The molecule has 5 N–H and O–H groups in total. The summed E-state index contributed by atoms with van der Waals surface area (Å²) in [6.45, 7) is 5.42. The van der Waals surface area contributed by atoms with E-state index in [9.17, 15) is 0 Å². The molecule has 1 heterocycles. The third kappa shape index (κ3) is 5.26. The summed E-state index contributed by atoms with van der Waals surface area (Å²) in [6.07, 6.45) is 5.58. The first-order chi connectivity index (χ1) is 13.1. The summed E-state index contributed by atoms with van der Waals surface area (Å²) in [5.41, 5.74) is 8.07. The minimum atomic E-state index is 0.587. The zero-order valence-electron chi connectivity index (χ0n) is 15.6. The lowest BCUT2D eigenvalue weighted by atomic mass is 10.1. The second-order valence-electron chi connectivity index (χ2n) is 5.47. The fraction of sp³-hybridized carbons (Fsp3) is 0.0952. The number of hydrogen-bond acceptors (Lipinski definition) is 5. The van der Waals surface area contributed by atoms with Crippen molar-refractivity contribution in [2.45, 2.75) is 11.8 Å². The molecular formula is C21H25N5S. The van der Waals surface area contributed by atoms with Crippen LogP contribution in [0.5, 0.6) is 0 Å². The summed E-state index contributed by atoms with van der Waals surface area (Å²) in [7, 11) is 1.74. The molecule has 0 fully saturated rings. The molecule has 0 amide bonds. The van der Waals surface area contributed by atoms with Gasteiger partial charge < -0.3 is 11.1 Å². The average molecular weight is 380 g/mol. The standard InChI is InChI=1S/C16H17N5S.C5H8/c1-19-15-12-9-5-6-10-13(12)21(18)16(20-15)14(17)22-11-7-3-2-4-8-11;1-3-5-4-2/h2-10H,17-18H2,1H3,(H,19,20);3-5H,1H2,2H3/b16-14+;5-4-. The van der Waals surface area contributed by atoms with Crippen LogP contribution in [0.3, 0.4) is 0 Å². The van der Waals surface area contributed by atoms with Crippen molar-refractivity contribution in [1.29, 1.82) is 0 Å². The monoisotopic (exact) mass is 379 g/mol. The zero-order valence-corrected chi connectivity index (χ0v) is 16.4. The Morgan fingerprint density at radius 2 is 1.81 bits per heavy atom. The van der Waals surface area contributed by atoms with Crippen molar-refractivity contribution in [1.82, 2.24) is 5.32 Å². The Kier molecular flexibility index (Phi) is 7.73. The first kappa shape index (κ1) is 20.4. The smallest absolute Gasteiger partial charge is 0.157 e. The minimum Gasteiger partial charge on any atom is -0.390 e. The van der Waals surface area contributed by atoms with Gasteiger partial charge in [-0.25, -0.2) is 5.84 Å². The minimum absolute atomic E-state index is 0.587. The summed E-state index contributed by atoms with van der Waals surface area (Å²) >= 11 is 1.46. The molecular weight excluding hydrogens is 354 g/mol. The van der Waals surface area contributed by atoms with Gasteiger partial charge >= 0.3 is 0 Å². The van der Waals surface area contributed by atoms with E-state index >= 15 is 0 Å². The highest BCUT2D eigenvalue weighted by molar-refractivity contribution is 8.03. The number of rotatable bonds is 3. The summed E-state index contributed by atoms with van der Waals surface area (Å²) in [6, 6.07) is 17.7. The number of fused-ring (bicyclic) bond motifs is 1. The number of hydrogen-bond donors (Lipinski definition) is 3. The first-order valence-electron chi connectivity index (χ1n) is 8.46. The van der Waals surface area contributed by atoms with E-state index in [1.807, 2.05) is 73.7 Å². The van der Waals surface area contributed by atoms with Gasteiger partial charge in [0.05, 0.1) is 5.69 Å². The van der Waals surface area contributed by atoms with E-state index in [1.54, 1.807) is 18.1 Å². The van der Waals surface area contributed by atoms with Gasteiger partial charge in [0.2, 0.25) is 0 Å². The molecule has 0 aliphatic carbocycles. The maximum Gasteiger partial charge on any atom is 0.157 e. The van der Waals surface area contributed by atoms with Crippen LogP contribution in [-0.2, 0) is 0 Å². The molecule has 5 nitrogen and oxygen atoms in total. The zero-order chi connectivity index (χ0) is 19.6. The summed E-state index contributed by atoms with van der Waals surface area (Å²) < 4.78 is 0. The van der Waals surface area contributed by atoms with E-state index in [4.69, 9.17) is 11.6 Å². The molecule has 0 spiro atoms. The van der Waals surface area contributed by atoms with E-state index in [1.165, 1.54) is 11.8 Å². The van der Waals surface area contributed by atoms with Gasteiger partial charge in [0.25, 0.3) is 0 Å². The molecule has 0 aromatic heterocycles. The van der Waals surface area contributed by atoms with Crippen molar-refractivity contribution in [3.63, 3.8) is 0 Å². The summed E-state index contributed by atoms with van der Waals surface area (Å²) in [5.74, 6) is 7.61. The van der Waals surface area contributed by atoms with Crippen molar-refractivity contribution < 1.29 is 0 Å². The molecule has 0 atom stereocenters. The van der Waals surface area contributed by atoms with Crippen LogP contribution in [0.4, 0.5) is 5.69 Å². The Labute approximate surface area is 165 Å². The van der Waals surface area contributed by atoms with Crippen LogP contribution in [0.25, 0.3) is 0 Å². The Bertz CT molecular complexity index is 856.